The lowest BCUT2D eigenvalue weighted by atomic mass is 9.65. The zero-order valence-corrected chi connectivity index (χ0v) is 15.0. The van der Waals surface area contributed by atoms with Crippen LogP contribution in [-0.4, -0.2) is 16.4 Å². The van der Waals surface area contributed by atoms with E-state index in [1.807, 2.05) is 17.0 Å². The van der Waals surface area contributed by atoms with Gasteiger partial charge in [-0.3, -0.25) is 4.79 Å². The number of carbonyl (C=O) groups is 1. The van der Waals surface area contributed by atoms with E-state index >= 15 is 0 Å². The van der Waals surface area contributed by atoms with E-state index in [1.54, 1.807) is 6.92 Å². The first kappa shape index (κ1) is 15.9. The molecule has 4 nitrogen and oxygen atoms in total. The molecule has 128 valence electrons. The van der Waals surface area contributed by atoms with Crippen molar-refractivity contribution < 1.29 is 9.21 Å². The molecule has 1 aliphatic rings. The minimum atomic E-state index is -0.308. The first-order valence-corrected chi connectivity index (χ1v) is 8.57. The molecular formula is C21H22N2O2. The smallest absolute Gasteiger partial charge is 0.224 e. The maximum Gasteiger partial charge on any atom is 0.224 e. The Labute approximate surface area is 147 Å². The lowest BCUT2D eigenvalue weighted by Gasteiger charge is -2.51. The van der Waals surface area contributed by atoms with Crippen molar-refractivity contribution in [3.05, 3.63) is 60.0 Å². The van der Waals surface area contributed by atoms with Gasteiger partial charge in [-0.2, -0.15) is 0 Å². The number of oxazole rings is 1. The zero-order chi connectivity index (χ0) is 17.8. The Bertz CT molecular complexity index is 958. The Morgan fingerprint density at radius 3 is 2.56 bits per heavy atom. The van der Waals surface area contributed by atoms with Crippen molar-refractivity contribution >= 4 is 22.7 Å². The van der Waals surface area contributed by atoms with Gasteiger partial charge in [-0.25, -0.2) is 4.98 Å². The van der Waals surface area contributed by atoms with Crippen LogP contribution in [0.15, 0.2) is 53.3 Å². The summed E-state index contributed by atoms with van der Waals surface area (Å²) in [6, 6.07) is 14.5. The van der Waals surface area contributed by atoms with Gasteiger partial charge in [0.1, 0.15) is 5.52 Å². The van der Waals surface area contributed by atoms with Gasteiger partial charge in [0.15, 0.2) is 12.0 Å². The molecule has 4 heteroatoms. The normalized spacial score (nSPS) is 22.0. The first-order valence-electron chi connectivity index (χ1n) is 8.57. The van der Waals surface area contributed by atoms with Gasteiger partial charge in [0, 0.05) is 23.9 Å². The molecule has 0 spiro atoms. The first-order chi connectivity index (χ1) is 11.8. The predicted octanol–water partition coefficient (Wildman–Crippen LogP) is 4.67. The van der Waals surface area contributed by atoms with Crippen LogP contribution >= 0.6 is 0 Å². The van der Waals surface area contributed by atoms with E-state index in [2.05, 4.69) is 56.1 Å². The molecule has 1 unspecified atom stereocenters. The van der Waals surface area contributed by atoms with Crippen molar-refractivity contribution in [3.8, 4) is 0 Å². The van der Waals surface area contributed by atoms with Crippen LogP contribution < -0.4 is 4.90 Å². The molecule has 0 aliphatic carbocycles. The molecule has 0 saturated heterocycles. The van der Waals surface area contributed by atoms with Crippen LogP contribution in [0.5, 0.6) is 0 Å². The van der Waals surface area contributed by atoms with Crippen molar-refractivity contribution in [2.24, 2.45) is 0 Å². The van der Waals surface area contributed by atoms with E-state index in [1.165, 1.54) is 12.0 Å². The van der Waals surface area contributed by atoms with Gasteiger partial charge in [0.2, 0.25) is 5.91 Å². The second kappa shape index (κ2) is 5.19. The summed E-state index contributed by atoms with van der Waals surface area (Å²) in [5, 5.41) is 0. The van der Waals surface area contributed by atoms with E-state index in [0.717, 1.165) is 23.2 Å². The SMILES string of the molecule is CC(=O)N1c2cc3ocnc3cc2C(C)(c2ccccc2)CC1(C)C. The molecule has 1 aliphatic heterocycles. The highest BCUT2D eigenvalue weighted by atomic mass is 16.3. The average molecular weight is 334 g/mol. The maximum absolute atomic E-state index is 12.5. The van der Waals surface area contributed by atoms with Crippen LogP contribution in [0.3, 0.4) is 0 Å². The third-order valence-electron chi connectivity index (χ3n) is 5.40. The fraction of sp³-hybridized carbons (Fsp3) is 0.333. The molecule has 4 rings (SSSR count). The summed E-state index contributed by atoms with van der Waals surface area (Å²) in [6.45, 7) is 8.14. The summed E-state index contributed by atoms with van der Waals surface area (Å²) in [6.07, 6.45) is 2.29. The Balaban J connectivity index is 2.06. The molecule has 0 saturated carbocycles. The summed E-state index contributed by atoms with van der Waals surface area (Å²) in [5.41, 5.74) is 4.29. The molecule has 2 aromatic carbocycles. The largest absolute Gasteiger partial charge is 0.443 e. The minimum absolute atomic E-state index is 0.0419. The second-order valence-corrected chi connectivity index (χ2v) is 7.73. The van der Waals surface area contributed by atoms with Crippen LogP contribution in [0.1, 0.15) is 45.2 Å². The molecular weight excluding hydrogens is 312 g/mol. The number of rotatable bonds is 1. The van der Waals surface area contributed by atoms with Crippen molar-refractivity contribution in [2.75, 3.05) is 4.90 Å². The highest BCUT2D eigenvalue weighted by molar-refractivity contribution is 5.97. The topological polar surface area (TPSA) is 46.3 Å². The quantitative estimate of drug-likeness (QED) is 0.650. The highest BCUT2D eigenvalue weighted by Crippen LogP contribution is 2.51. The molecule has 25 heavy (non-hydrogen) atoms. The Kier molecular flexibility index (Phi) is 3.29. The van der Waals surface area contributed by atoms with Crippen LogP contribution in [0.25, 0.3) is 11.1 Å². The number of nitrogens with zero attached hydrogens (tertiary/aromatic N) is 2. The summed E-state index contributed by atoms with van der Waals surface area (Å²) in [4.78, 5) is 18.7. The van der Waals surface area contributed by atoms with Crippen molar-refractivity contribution in [3.63, 3.8) is 0 Å². The van der Waals surface area contributed by atoms with Crippen molar-refractivity contribution in [1.82, 2.24) is 4.98 Å². The minimum Gasteiger partial charge on any atom is -0.443 e. The van der Waals surface area contributed by atoms with Gasteiger partial charge < -0.3 is 9.32 Å². The van der Waals surface area contributed by atoms with Crippen LogP contribution in [0.2, 0.25) is 0 Å². The monoisotopic (exact) mass is 334 g/mol. The Morgan fingerprint density at radius 1 is 1.16 bits per heavy atom. The fourth-order valence-corrected chi connectivity index (χ4v) is 4.54. The van der Waals surface area contributed by atoms with E-state index < -0.39 is 0 Å². The van der Waals surface area contributed by atoms with Gasteiger partial charge in [-0.1, -0.05) is 37.3 Å². The number of hydrogen-bond acceptors (Lipinski definition) is 3. The summed E-state index contributed by atoms with van der Waals surface area (Å²) < 4.78 is 5.51. The fourth-order valence-electron chi connectivity index (χ4n) is 4.54. The zero-order valence-electron chi connectivity index (χ0n) is 15.0. The number of fused-ring (bicyclic) bond motifs is 2. The summed E-state index contributed by atoms with van der Waals surface area (Å²) in [5.74, 6) is 0.0419. The van der Waals surface area contributed by atoms with Crippen LogP contribution in [-0.2, 0) is 10.2 Å². The second-order valence-electron chi connectivity index (χ2n) is 7.73. The number of carbonyl (C=O) groups excluding carboxylic acids is 1. The van der Waals surface area contributed by atoms with Crippen molar-refractivity contribution in [1.29, 1.82) is 0 Å². The van der Waals surface area contributed by atoms with E-state index in [4.69, 9.17) is 4.42 Å². The van der Waals surface area contributed by atoms with Gasteiger partial charge in [0.25, 0.3) is 0 Å². The standard InChI is InChI=1S/C21H22N2O2/c1-14(24)23-18-11-19-17(22-13-25-19)10-16(18)21(4,12-20(23,2)3)15-8-6-5-7-9-15/h5-11,13H,12H2,1-4H3. The third kappa shape index (κ3) is 2.28. The molecule has 2 heterocycles. The third-order valence-corrected chi connectivity index (χ3v) is 5.40. The van der Waals surface area contributed by atoms with E-state index in [0.29, 0.717) is 5.58 Å². The number of benzene rings is 2. The molecule has 1 aromatic heterocycles. The molecule has 1 atom stereocenters. The number of hydrogen-bond donors (Lipinski definition) is 0. The van der Waals surface area contributed by atoms with Crippen LogP contribution in [0.4, 0.5) is 5.69 Å². The lowest BCUT2D eigenvalue weighted by Crippen LogP contribution is -2.55. The Morgan fingerprint density at radius 2 is 1.88 bits per heavy atom. The lowest BCUT2D eigenvalue weighted by molar-refractivity contribution is -0.117. The van der Waals surface area contributed by atoms with Gasteiger partial charge in [0.05, 0.1) is 5.69 Å². The highest BCUT2D eigenvalue weighted by Gasteiger charge is 2.47. The van der Waals surface area contributed by atoms with Gasteiger partial charge >= 0.3 is 0 Å². The molecule has 0 N–H and O–H groups in total. The van der Waals surface area contributed by atoms with E-state index in [-0.39, 0.29) is 16.9 Å². The predicted molar refractivity (Wildman–Crippen MR) is 98.8 cm³/mol. The van der Waals surface area contributed by atoms with Crippen LogP contribution in [0, 0.1) is 0 Å². The number of amides is 1. The van der Waals surface area contributed by atoms with E-state index in [9.17, 15) is 4.79 Å². The average Bonchev–Trinajstić information content (AvgIpc) is 3.00. The Hall–Kier alpha value is -2.62. The molecule has 0 fully saturated rings. The maximum atomic E-state index is 12.5. The molecule has 3 aromatic rings. The molecule has 1 amide bonds. The number of aromatic nitrogens is 1. The van der Waals surface area contributed by atoms with Gasteiger partial charge in [-0.15, -0.1) is 0 Å². The molecule has 0 radical (unpaired) electrons. The number of anilines is 1. The molecule has 0 bridgehead atoms. The summed E-state index contributed by atoms with van der Waals surface area (Å²) >= 11 is 0. The summed E-state index contributed by atoms with van der Waals surface area (Å²) in [7, 11) is 0. The van der Waals surface area contributed by atoms with Gasteiger partial charge in [-0.05, 0) is 37.5 Å². The van der Waals surface area contributed by atoms with Crippen molar-refractivity contribution in [2.45, 2.75) is 45.1 Å².